The van der Waals surface area contributed by atoms with E-state index in [2.05, 4.69) is 10.6 Å². The van der Waals surface area contributed by atoms with E-state index in [1.165, 1.54) is 13.0 Å². The summed E-state index contributed by atoms with van der Waals surface area (Å²) in [6.07, 6.45) is 3.08. The van der Waals surface area contributed by atoms with Crippen LogP contribution >= 0.6 is 11.6 Å². The predicted molar refractivity (Wildman–Crippen MR) is 89.9 cm³/mol. The van der Waals surface area contributed by atoms with Crippen LogP contribution in [0.2, 0.25) is 5.02 Å². The number of nitrogens with one attached hydrogen (secondary N) is 2. The fraction of sp³-hybridized carbons (Fsp3) is 0.0588. The zero-order valence-electron chi connectivity index (χ0n) is 12.0. The SMILES string of the molecule is CC(=O)Nc1ccc(NC(=O)C=Cc2ccccc2Cl)cc1. The van der Waals surface area contributed by atoms with E-state index in [0.717, 1.165) is 5.56 Å². The Balaban J connectivity index is 1.97. The molecule has 0 aliphatic carbocycles. The molecule has 0 aliphatic rings. The van der Waals surface area contributed by atoms with Gasteiger partial charge >= 0.3 is 0 Å². The first-order chi connectivity index (χ1) is 10.5. The zero-order valence-corrected chi connectivity index (χ0v) is 12.7. The number of anilines is 2. The van der Waals surface area contributed by atoms with E-state index in [1.54, 1.807) is 36.4 Å². The molecule has 5 heteroatoms. The van der Waals surface area contributed by atoms with Gasteiger partial charge in [-0.15, -0.1) is 0 Å². The Morgan fingerprint density at radius 1 is 0.955 bits per heavy atom. The lowest BCUT2D eigenvalue weighted by atomic mass is 10.2. The van der Waals surface area contributed by atoms with Crippen LogP contribution in [0.15, 0.2) is 54.6 Å². The quantitative estimate of drug-likeness (QED) is 0.839. The van der Waals surface area contributed by atoms with Gasteiger partial charge in [-0.05, 0) is 42.0 Å². The summed E-state index contributed by atoms with van der Waals surface area (Å²) in [6, 6.07) is 14.1. The van der Waals surface area contributed by atoms with Gasteiger partial charge in [-0.1, -0.05) is 29.8 Å². The molecule has 0 saturated heterocycles. The van der Waals surface area contributed by atoms with Crippen molar-refractivity contribution in [3.8, 4) is 0 Å². The van der Waals surface area contributed by atoms with Gasteiger partial charge in [-0.3, -0.25) is 9.59 Å². The van der Waals surface area contributed by atoms with Gasteiger partial charge < -0.3 is 10.6 Å². The van der Waals surface area contributed by atoms with E-state index in [9.17, 15) is 9.59 Å². The minimum atomic E-state index is -0.257. The largest absolute Gasteiger partial charge is 0.326 e. The van der Waals surface area contributed by atoms with E-state index < -0.39 is 0 Å². The molecule has 2 aromatic carbocycles. The molecule has 0 unspecified atom stereocenters. The molecule has 2 N–H and O–H groups in total. The van der Waals surface area contributed by atoms with Gasteiger partial charge in [0.15, 0.2) is 0 Å². The first-order valence-electron chi connectivity index (χ1n) is 6.66. The maximum atomic E-state index is 11.8. The number of carbonyl (C=O) groups is 2. The van der Waals surface area contributed by atoms with Gasteiger partial charge in [0.05, 0.1) is 0 Å². The van der Waals surface area contributed by atoms with Gasteiger partial charge in [-0.25, -0.2) is 0 Å². The number of hydrogen-bond acceptors (Lipinski definition) is 2. The number of hydrogen-bond donors (Lipinski definition) is 2. The van der Waals surface area contributed by atoms with Crippen LogP contribution in [0.3, 0.4) is 0 Å². The van der Waals surface area contributed by atoms with Crippen molar-refractivity contribution < 1.29 is 9.59 Å². The summed E-state index contributed by atoms with van der Waals surface area (Å²) in [5.41, 5.74) is 2.10. The predicted octanol–water partition coefficient (Wildman–Crippen LogP) is 3.95. The molecule has 22 heavy (non-hydrogen) atoms. The first-order valence-corrected chi connectivity index (χ1v) is 7.03. The molecule has 0 fully saturated rings. The molecule has 2 amide bonds. The summed E-state index contributed by atoms with van der Waals surface area (Å²) in [4.78, 5) is 22.8. The van der Waals surface area contributed by atoms with E-state index in [-0.39, 0.29) is 11.8 Å². The Labute approximate surface area is 133 Å². The third-order valence-electron chi connectivity index (χ3n) is 2.79. The second-order valence-corrected chi connectivity index (χ2v) is 5.01. The lowest BCUT2D eigenvalue weighted by Gasteiger charge is -2.05. The van der Waals surface area contributed by atoms with E-state index in [4.69, 9.17) is 11.6 Å². The van der Waals surface area contributed by atoms with Crippen molar-refractivity contribution in [3.05, 3.63) is 65.2 Å². The van der Waals surface area contributed by atoms with Gasteiger partial charge in [0.2, 0.25) is 11.8 Å². The van der Waals surface area contributed by atoms with Crippen molar-refractivity contribution in [2.24, 2.45) is 0 Å². The molecule has 2 aromatic rings. The van der Waals surface area contributed by atoms with Crippen LogP contribution in [0.1, 0.15) is 12.5 Å². The van der Waals surface area contributed by atoms with Crippen LogP contribution in [-0.4, -0.2) is 11.8 Å². The van der Waals surface area contributed by atoms with Gasteiger partial charge in [0.25, 0.3) is 0 Å². The molecule has 2 rings (SSSR count). The molecule has 0 aromatic heterocycles. The molecule has 0 atom stereocenters. The van der Waals surface area contributed by atoms with E-state index in [1.807, 2.05) is 18.2 Å². The lowest BCUT2D eigenvalue weighted by molar-refractivity contribution is -0.114. The number of benzene rings is 2. The second kappa shape index (κ2) is 7.43. The maximum Gasteiger partial charge on any atom is 0.248 e. The fourth-order valence-electron chi connectivity index (χ4n) is 1.80. The third kappa shape index (κ3) is 4.75. The van der Waals surface area contributed by atoms with Gasteiger partial charge in [-0.2, -0.15) is 0 Å². The molecule has 4 nitrogen and oxygen atoms in total. The minimum Gasteiger partial charge on any atom is -0.326 e. The molecule has 0 saturated carbocycles. The minimum absolute atomic E-state index is 0.139. The lowest BCUT2D eigenvalue weighted by Crippen LogP contribution is -2.08. The van der Waals surface area contributed by atoms with Crippen LogP contribution in [0.5, 0.6) is 0 Å². The Bertz CT molecular complexity index is 709. The Morgan fingerprint density at radius 2 is 1.55 bits per heavy atom. The summed E-state index contributed by atoms with van der Waals surface area (Å²) < 4.78 is 0. The molecule has 0 radical (unpaired) electrons. The average molecular weight is 315 g/mol. The Kier molecular flexibility index (Phi) is 5.33. The normalized spacial score (nSPS) is 10.5. The van der Waals surface area contributed by atoms with Gasteiger partial charge in [0, 0.05) is 29.4 Å². The number of rotatable bonds is 4. The molecule has 0 bridgehead atoms. The molecule has 0 spiro atoms. The Morgan fingerprint density at radius 3 is 2.14 bits per heavy atom. The van der Waals surface area contributed by atoms with Crippen molar-refractivity contribution in [3.63, 3.8) is 0 Å². The zero-order chi connectivity index (χ0) is 15.9. The molecular weight excluding hydrogens is 300 g/mol. The summed E-state index contributed by atoms with van der Waals surface area (Å²) in [7, 11) is 0. The van der Waals surface area contributed by atoms with Crippen LogP contribution < -0.4 is 10.6 Å². The van der Waals surface area contributed by atoms with Crippen LogP contribution in [0, 0.1) is 0 Å². The van der Waals surface area contributed by atoms with E-state index >= 15 is 0 Å². The van der Waals surface area contributed by atoms with Crippen molar-refractivity contribution in [2.45, 2.75) is 6.92 Å². The highest BCUT2D eigenvalue weighted by Gasteiger charge is 2.00. The van der Waals surface area contributed by atoms with E-state index in [0.29, 0.717) is 16.4 Å². The highest BCUT2D eigenvalue weighted by molar-refractivity contribution is 6.32. The highest BCUT2D eigenvalue weighted by Crippen LogP contribution is 2.17. The summed E-state index contributed by atoms with van der Waals surface area (Å²) in [5, 5.41) is 5.98. The summed E-state index contributed by atoms with van der Waals surface area (Å²) in [6.45, 7) is 1.44. The molecule has 0 aliphatic heterocycles. The van der Waals surface area contributed by atoms with Crippen LogP contribution in [0.25, 0.3) is 6.08 Å². The average Bonchev–Trinajstić information content (AvgIpc) is 2.48. The number of amides is 2. The Hall–Kier alpha value is -2.59. The highest BCUT2D eigenvalue weighted by atomic mass is 35.5. The summed E-state index contributed by atoms with van der Waals surface area (Å²) >= 11 is 6.01. The number of halogens is 1. The van der Waals surface area contributed by atoms with Crippen LogP contribution in [-0.2, 0) is 9.59 Å². The fourth-order valence-corrected chi connectivity index (χ4v) is 2.00. The second-order valence-electron chi connectivity index (χ2n) is 4.60. The smallest absolute Gasteiger partial charge is 0.248 e. The van der Waals surface area contributed by atoms with Crippen molar-refractivity contribution >= 4 is 40.9 Å². The van der Waals surface area contributed by atoms with Crippen molar-refractivity contribution in [1.82, 2.24) is 0 Å². The standard InChI is InChI=1S/C17H15ClN2O2/c1-12(21)19-14-7-9-15(10-8-14)20-17(22)11-6-13-4-2-3-5-16(13)18/h2-11H,1H3,(H,19,21)(H,20,22). The van der Waals surface area contributed by atoms with Crippen molar-refractivity contribution in [2.75, 3.05) is 10.6 Å². The topological polar surface area (TPSA) is 58.2 Å². The van der Waals surface area contributed by atoms with Gasteiger partial charge in [0.1, 0.15) is 0 Å². The molecule has 112 valence electrons. The summed E-state index contributed by atoms with van der Waals surface area (Å²) in [5.74, 6) is -0.397. The molecule has 0 heterocycles. The maximum absolute atomic E-state index is 11.8. The monoisotopic (exact) mass is 314 g/mol. The molecular formula is C17H15ClN2O2. The van der Waals surface area contributed by atoms with Crippen LogP contribution in [0.4, 0.5) is 11.4 Å². The first kappa shape index (κ1) is 15.8. The van der Waals surface area contributed by atoms with Crippen molar-refractivity contribution in [1.29, 1.82) is 0 Å². The third-order valence-corrected chi connectivity index (χ3v) is 3.14. The number of carbonyl (C=O) groups excluding carboxylic acids is 2.